The van der Waals surface area contributed by atoms with Crippen LogP contribution in [0.4, 0.5) is 0 Å². The SMILES string of the molecule is [Li][C](=C)CC. The van der Waals surface area contributed by atoms with E-state index in [0.717, 1.165) is 6.42 Å². The van der Waals surface area contributed by atoms with Gasteiger partial charge < -0.3 is 0 Å². The van der Waals surface area contributed by atoms with Crippen LogP contribution >= 0.6 is 0 Å². The Hall–Kier alpha value is 0.337. The summed E-state index contributed by atoms with van der Waals surface area (Å²) in [5.74, 6) is 0. The molecule has 0 nitrogen and oxygen atoms in total. The molecule has 0 aromatic heterocycles. The van der Waals surface area contributed by atoms with Crippen molar-refractivity contribution in [3.8, 4) is 0 Å². The summed E-state index contributed by atoms with van der Waals surface area (Å²) in [6.07, 6.45) is 1.11. The molecule has 0 saturated heterocycles. The Balaban J connectivity index is 2.85. The average Bonchev–Trinajstić information content (AvgIpc) is 1.38. The van der Waals surface area contributed by atoms with E-state index in [0.29, 0.717) is 0 Å². The van der Waals surface area contributed by atoms with Crippen LogP contribution in [-0.4, -0.2) is 17.7 Å². The summed E-state index contributed by atoms with van der Waals surface area (Å²) >= 11 is 2.03. The van der Waals surface area contributed by atoms with Crippen molar-refractivity contribution in [3.05, 3.63) is 10.8 Å². The van der Waals surface area contributed by atoms with Crippen LogP contribution in [-0.2, 0) is 0 Å². The van der Waals surface area contributed by atoms with E-state index >= 15 is 0 Å². The topological polar surface area (TPSA) is 0 Å². The van der Waals surface area contributed by atoms with Gasteiger partial charge in [0.25, 0.3) is 0 Å². The van der Waals surface area contributed by atoms with E-state index in [2.05, 4.69) is 13.5 Å². The van der Waals surface area contributed by atoms with Gasteiger partial charge in [0.15, 0.2) is 0 Å². The third kappa shape index (κ3) is 4.34. The van der Waals surface area contributed by atoms with Gasteiger partial charge in [0, 0.05) is 0 Å². The fourth-order valence-corrected chi connectivity index (χ4v) is 0. The van der Waals surface area contributed by atoms with Gasteiger partial charge in [-0.05, 0) is 0 Å². The minimum atomic E-state index is 1.11. The quantitative estimate of drug-likeness (QED) is 0.399. The van der Waals surface area contributed by atoms with Gasteiger partial charge in [0.2, 0.25) is 0 Å². The molecule has 0 atom stereocenters. The van der Waals surface area contributed by atoms with Crippen LogP contribution in [0.15, 0.2) is 10.8 Å². The van der Waals surface area contributed by atoms with Gasteiger partial charge in [-0.1, -0.05) is 0 Å². The van der Waals surface area contributed by atoms with E-state index in [4.69, 9.17) is 0 Å². The molecular formula is C4H7Li. The maximum atomic E-state index is 3.67. The summed E-state index contributed by atoms with van der Waals surface area (Å²) in [6.45, 7) is 5.77. The molecule has 0 aromatic carbocycles. The first-order valence-corrected chi connectivity index (χ1v) is 1.91. The Kier molecular flexibility index (Phi) is 2.74. The van der Waals surface area contributed by atoms with E-state index in [9.17, 15) is 0 Å². The van der Waals surface area contributed by atoms with E-state index < -0.39 is 0 Å². The van der Waals surface area contributed by atoms with Crippen molar-refractivity contribution in [2.45, 2.75) is 13.3 Å². The van der Waals surface area contributed by atoms with Crippen LogP contribution in [0, 0.1) is 0 Å². The second-order valence-electron chi connectivity index (χ2n) is 1.31. The first kappa shape index (κ1) is 5.34. The van der Waals surface area contributed by atoms with Crippen molar-refractivity contribution in [1.29, 1.82) is 0 Å². The maximum absolute atomic E-state index is 3.67. The van der Waals surface area contributed by atoms with Gasteiger partial charge in [-0.3, -0.25) is 0 Å². The van der Waals surface area contributed by atoms with Crippen molar-refractivity contribution < 1.29 is 0 Å². The van der Waals surface area contributed by atoms with Gasteiger partial charge in [-0.2, -0.15) is 0 Å². The molecule has 5 heavy (non-hydrogen) atoms. The molecule has 0 unspecified atom stereocenters. The number of hydrogen-bond acceptors (Lipinski definition) is 0. The number of rotatable bonds is 1. The van der Waals surface area contributed by atoms with Crippen LogP contribution < -0.4 is 0 Å². The molecule has 0 fully saturated rings. The zero-order valence-corrected chi connectivity index (χ0v) is 3.91. The molecule has 0 aliphatic carbocycles. The zero-order chi connectivity index (χ0) is 4.28. The van der Waals surface area contributed by atoms with E-state index in [1.807, 2.05) is 17.7 Å². The monoisotopic (exact) mass is 62.1 g/mol. The molecule has 0 aromatic rings. The summed E-state index contributed by atoms with van der Waals surface area (Å²) < 4.78 is 1.25. The molecule has 0 spiro atoms. The molecule has 1 heteroatoms. The van der Waals surface area contributed by atoms with Crippen LogP contribution in [0.2, 0.25) is 0 Å². The Morgan fingerprint density at radius 1 is 2.00 bits per heavy atom. The van der Waals surface area contributed by atoms with Crippen molar-refractivity contribution in [2.75, 3.05) is 0 Å². The summed E-state index contributed by atoms with van der Waals surface area (Å²) in [5.41, 5.74) is 0. The Morgan fingerprint density at radius 2 is 2.20 bits per heavy atom. The predicted octanol–water partition coefficient (Wildman–Crippen LogP) is 1.08. The molecule has 0 saturated carbocycles. The van der Waals surface area contributed by atoms with E-state index in [1.165, 1.54) is 4.25 Å². The fraction of sp³-hybridized carbons (Fsp3) is 0.500. The van der Waals surface area contributed by atoms with Gasteiger partial charge in [0.1, 0.15) is 0 Å². The van der Waals surface area contributed by atoms with Crippen molar-refractivity contribution in [3.63, 3.8) is 0 Å². The standard InChI is InChI=1S/C4H7.Li/c1-3-4-2;/h1,4H2,2H3;. The van der Waals surface area contributed by atoms with Crippen LogP contribution in [0.3, 0.4) is 0 Å². The summed E-state index contributed by atoms with van der Waals surface area (Å²) in [6, 6.07) is 0. The summed E-state index contributed by atoms with van der Waals surface area (Å²) in [4.78, 5) is 0. The number of hydrogen-bond donors (Lipinski definition) is 0. The average molecular weight is 62.0 g/mol. The van der Waals surface area contributed by atoms with Gasteiger partial charge in [-0.25, -0.2) is 0 Å². The molecule has 0 aliphatic rings. The predicted molar refractivity (Wildman–Crippen MR) is 25.2 cm³/mol. The molecule has 0 heterocycles. The minimum absolute atomic E-state index is 1.11. The normalized spacial score (nSPS) is 7.80. The Morgan fingerprint density at radius 3 is 2.20 bits per heavy atom. The first-order chi connectivity index (χ1) is 2.27. The van der Waals surface area contributed by atoms with Crippen molar-refractivity contribution >= 4 is 17.7 Å². The molecule has 0 amide bonds. The Labute approximate surface area is 42.5 Å². The van der Waals surface area contributed by atoms with Crippen LogP contribution in [0.5, 0.6) is 0 Å². The third-order valence-corrected chi connectivity index (χ3v) is 0.604. The molecule has 0 N–H and O–H groups in total. The van der Waals surface area contributed by atoms with E-state index in [1.54, 1.807) is 0 Å². The first-order valence-electron chi connectivity index (χ1n) is 1.91. The van der Waals surface area contributed by atoms with Crippen molar-refractivity contribution in [2.24, 2.45) is 0 Å². The number of allylic oxidation sites excluding steroid dienone is 1. The second-order valence-corrected chi connectivity index (χ2v) is 1.31. The van der Waals surface area contributed by atoms with Crippen molar-refractivity contribution in [1.82, 2.24) is 0 Å². The van der Waals surface area contributed by atoms with Crippen LogP contribution in [0.25, 0.3) is 0 Å². The molecular weight excluding hydrogens is 55.0 g/mol. The third-order valence-electron chi connectivity index (χ3n) is 0.604. The molecule has 0 rings (SSSR count). The van der Waals surface area contributed by atoms with Crippen LogP contribution in [0.1, 0.15) is 13.3 Å². The second kappa shape index (κ2) is 2.57. The summed E-state index contributed by atoms with van der Waals surface area (Å²) in [5, 5.41) is 0. The Bertz CT molecular complexity index is 38.9. The molecule has 0 bridgehead atoms. The molecule has 0 radical (unpaired) electrons. The summed E-state index contributed by atoms with van der Waals surface area (Å²) in [7, 11) is 0. The van der Waals surface area contributed by atoms with Gasteiger partial charge in [0.05, 0.1) is 0 Å². The zero-order valence-electron chi connectivity index (χ0n) is 3.91. The van der Waals surface area contributed by atoms with E-state index in [-0.39, 0.29) is 0 Å². The molecule has 0 aliphatic heterocycles. The molecule has 24 valence electrons. The van der Waals surface area contributed by atoms with Gasteiger partial charge in [-0.15, -0.1) is 0 Å². The fourth-order valence-electron chi connectivity index (χ4n) is 0. The van der Waals surface area contributed by atoms with Gasteiger partial charge >= 0.3 is 41.9 Å².